The minimum absolute atomic E-state index is 0.0946. The van der Waals surface area contributed by atoms with Crippen molar-refractivity contribution in [3.05, 3.63) is 83.2 Å². The van der Waals surface area contributed by atoms with Crippen LogP contribution in [-0.4, -0.2) is 35.0 Å². The van der Waals surface area contributed by atoms with Crippen LogP contribution < -0.4 is 4.74 Å². The minimum atomic E-state index is 0.0946. The first-order chi connectivity index (χ1) is 14.8. The molecule has 150 valence electrons. The van der Waals surface area contributed by atoms with Gasteiger partial charge in [0, 0.05) is 43.1 Å². The molecule has 0 unspecified atom stereocenters. The number of piperidine rings is 1. The molecule has 30 heavy (non-hydrogen) atoms. The van der Waals surface area contributed by atoms with E-state index in [4.69, 9.17) is 4.74 Å². The van der Waals surface area contributed by atoms with Crippen molar-refractivity contribution in [2.24, 2.45) is 0 Å². The number of para-hydroxylation sites is 1. The number of pyridine rings is 1. The van der Waals surface area contributed by atoms with Gasteiger partial charge in [0.15, 0.2) is 0 Å². The Bertz CT molecular complexity index is 1140. The third kappa shape index (κ3) is 3.81. The second-order valence-electron chi connectivity index (χ2n) is 7.53. The van der Waals surface area contributed by atoms with Crippen molar-refractivity contribution in [3.63, 3.8) is 0 Å². The maximum absolute atomic E-state index is 12.9. The topological polar surface area (TPSA) is 42.4 Å². The van der Waals surface area contributed by atoms with Gasteiger partial charge >= 0.3 is 0 Å². The van der Waals surface area contributed by atoms with Crippen LogP contribution in [-0.2, 0) is 0 Å². The van der Waals surface area contributed by atoms with Gasteiger partial charge in [0.1, 0.15) is 17.4 Å². The van der Waals surface area contributed by atoms with Crippen LogP contribution in [0.2, 0.25) is 0 Å². The normalized spacial score (nSPS) is 14.7. The average molecular weight is 415 g/mol. The highest BCUT2D eigenvalue weighted by Crippen LogP contribution is 2.27. The molecule has 1 aliphatic rings. The third-order valence-corrected chi connectivity index (χ3v) is 6.29. The SMILES string of the molecule is O=C(c1ccc(-c2ccsc2)cc1)N1CCC(Oc2cccc3cccnc23)CC1. The Hall–Kier alpha value is -3.18. The van der Waals surface area contributed by atoms with Crippen LogP contribution in [0.5, 0.6) is 5.75 Å². The number of carbonyl (C=O) groups excluding carboxylic acids is 1. The van der Waals surface area contributed by atoms with Gasteiger partial charge in [-0.15, -0.1) is 0 Å². The van der Waals surface area contributed by atoms with Crippen molar-refractivity contribution in [1.29, 1.82) is 0 Å². The quantitative estimate of drug-likeness (QED) is 0.434. The van der Waals surface area contributed by atoms with E-state index in [2.05, 4.69) is 21.8 Å². The predicted molar refractivity (Wildman–Crippen MR) is 121 cm³/mol. The fraction of sp³-hybridized carbons (Fsp3) is 0.200. The summed E-state index contributed by atoms with van der Waals surface area (Å²) in [6, 6.07) is 20.0. The Morgan fingerprint density at radius 1 is 0.967 bits per heavy atom. The number of nitrogens with zero attached hydrogens (tertiary/aromatic N) is 2. The fourth-order valence-corrected chi connectivity index (χ4v) is 4.61. The molecule has 0 N–H and O–H groups in total. The molecule has 3 heterocycles. The molecule has 4 aromatic rings. The van der Waals surface area contributed by atoms with Gasteiger partial charge in [0.25, 0.3) is 5.91 Å². The minimum Gasteiger partial charge on any atom is -0.488 e. The van der Waals surface area contributed by atoms with Gasteiger partial charge in [-0.25, -0.2) is 0 Å². The number of thiophene rings is 1. The molecule has 0 spiro atoms. The predicted octanol–water partition coefficient (Wildman–Crippen LogP) is 5.65. The number of carbonyl (C=O) groups is 1. The summed E-state index contributed by atoms with van der Waals surface area (Å²) in [7, 11) is 0. The van der Waals surface area contributed by atoms with E-state index < -0.39 is 0 Å². The molecule has 1 amide bonds. The number of benzene rings is 2. The Labute approximate surface area is 179 Å². The fourth-order valence-electron chi connectivity index (χ4n) is 3.94. The van der Waals surface area contributed by atoms with Gasteiger partial charge in [-0.05, 0) is 52.2 Å². The van der Waals surface area contributed by atoms with Crippen LogP contribution >= 0.6 is 11.3 Å². The van der Waals surface area contributed by atoms with Gasteiger partial charge in [0.2, 0.25) is 0 Å². The number of hydrogen-bond acceptors (Lipinski definition) is 4. The zero-order valence-corrected chi connectivity index (χ0v) is 17.3. The van der Waals surface area contributed by atoms with E-state index in [1.807, 2.05) is 59.5 Å². The smallest absolute Gasteiger partial charge is 0.253 e. The molecule has 4 nitrogen and oxygen atoms in total. The second-order valence-corrected chi connectivity index (χ2v) is 8.31. The first kappa shape index (κ1) is 18.8. The van der Waals surface area contributed by atoms with Crippen molar-refractivity contribution in [1.82, 2.24) is 9.88 Å². The number of likely N-dealkylation sites (tertiary alicyclic amines) is 1. The lowest BCUT2D eigenvalue weighted by atomic mass is 10.0. The lowest BCUT2D eigenvalue weighted by Gasteiger charge is -2.32. The average Bonchev–Trinajstić information content (AvgIpc) is 3.35. The zero-order chi connectivity index (χ0) is 20.3. The molecule has 0 atom stereocenters. The van der Waals surface area contributed by atoms with Crippen LogP contribution in [0, 0.1) is 0 Å². The van der Waals surface area contributed by atoms with E-state index in [0.717, 1.165) is 40.6 Å². The highest BCUT2D eigenvalue weighted by atomic mass is 32.1. The van der Waals surface area contributed by atoms with E-state index >= 15 is 0 Å². The van der Waals surface area contributed by atoms with E-state index in [1.165, 1.54) is 5.56 Å². The summed E-state index contributed by atoms with van der Waals surface area (Å²) >= 11 is 1.68. The van der Waals surface area contributed by atoms with Crippen molar-refractivity contribution < 1.29 is 9.53 Å². The zero-order valence-electron chi connectivity index (χ0n) is 16.5. The standard InChI is InChI=1S/C25H22N2O2S/c28-25(20-8-6-18(7-9-20)21-12-16-30-17-21)27-14-10-22(11-15-27)29-23-5-1-3-19-4-2-13-26-24(19)23/h1-9,12-13,16-17,22H,10-11,14-15H2. The lowest BCUT2D eigenvalue weighted by molar-refractivity contribution is 0.0597. The number of amides is 1. The lowest BCUT2D eigenvalue weighted by Crippen LogP contribution is -2.41. The molecule has 1 fully saturated rings. The molecule has 1 aliphatic heterocycles. The van der Waals surface area contributed by atoms with E-state index in [1.54, 1.807) is 17.5 Å². The van der Waals surface area contributed by atoms with Crippen LogP contribution in [0.1, 0.15) is 23.2 Å². The van der Waals surface area contributed by atoms with Gasteiger partial charge in [-0.1, -0.05) is 30.3 Å². The molecular formula is C25H22N2O2S. The molecule has 2 aromatic carbocycles. The largest absolute Gasteiger partial charge is 0.488 e. The van der Waals surface area contributed by atoms with E-state index in [-0.39, 0.29) is 12.0 Å². The molecule has 2 aromatic heterocycles. The summed E-state index contributed by atoms with van der Waals surface area (Å²) in [6.07, 6.45) is 3.53. The van der Waals surface area contributed by atoms with Crippen LogP contribution in [0.25, 0.3) is 22.0 Å². The molecule has 0 saturated carbocycles. The number of aromatic nitrogens is 1. The van der Waals surface area contributed by atoms with Crippen LogP contribution in [0.4, 0.5) is 0 Å². The summed E-state index contributed by atoms with van der Waals surface area (Å²) in [5.41, 5.74) is 3.97. The van der Waals surface area contributed by atoms with Gasteiger partial charge in [-0.3, -0.25) is 9.78 Å². The van der Waals surface area contributed by atoms with Crippen molar-refractivity contribution in [3.8, 4) is 16.9 Å². The molecule has 0 radical (unpaired) electrons. The molecular weight excluding hydrogens is 392 g/mol. The summed E-state index contributed by atoms with van der Waals surface area (Å²) in [5, 5.41) is 5.26. The number of hydrogen-bond donors (Lipinski definition) is 0. The third-order valence-electron chi connectivity index (χ3n) is 5.60. The molecule has 1 saturated heterocycles. The molecule has 0 aliphatic carbocycles. The molecule has 5 heteroatoms. The van der Waals surface area contributed by atoms with E-state index in [0.29, 0.717) is 13.1 Å². The summed E-state index contributed by atoms with van der Waals surface area (Å²) in [5.74, 6) is 0.916. The Morgan fingerprint density at radius 2 is 1.77 bits per heavy atom. The summed E-state index contributed by atoms with van der Waals surface area (Å²) in [6.45, 7) is 1.40. The Balaban J connectivity index is 1.22. The summed E-state index contributed by atoms with van der Waals surface area (Å²) < 4.78 is 6.26. The first-order valence-electron chi connectivity index (χ1n) is 10.2. The number of fused-ring (bicyclic) bond motifs is 1. The van der Waals surface area contributed by atoms with Crippen molar-refractivity contribution in [2.75, 3.05) is 13.1 Å². The Kier molecular flexibility index (Phi) is 5.20. The maximum atomic E-state index is 12.9. The van der Waals surface area contributed by atoms with Gasteiger partial charge < -0.3 is 9.64 Å². The van der Waals surface area contributed by atoms with Crippen LogP contribution in [0.15, 0.2) is 77.6 Å². The van der Waals surface area contributed by atoms with E-state index in [9.17, 15) is 4.79 Å². The van der Waals surface area contributed by atoms with Crippen LogP contribution in [0.3, 0.4) is 0 Å². The van der Waals surface area contributed by atoms with Crippen molar-refractivity contribution in [2.45, 2.75) is 18.9 Å². The van der Waals surface area contributed by atoms with Gasteiger partial charge in [0.05, 0.1) is 0 Å². The van der Waals surface area contributed by atoms with Gasteiger partial charge in [-0.2, -0.15) is 11.3 Å². The maximum Gasteiger partial charge on any atom is 0.253 e. The molecule has 0 bridgehead atoms. The number of ether oxygens (including phenoxy) is 1. The molecule has 5 rings (SSSR count). The highest BCUT2D eigenvalue weighted by molar-refractivity contribution is 7.08. The Morgan fingerprint density at radius 3 is 2.53 bits per heavy atom. The monoisotopic (exact) mass is 414 g/mol. The highest BCUT2D eigenvalue weighted by Gasteiger charge is 2.25. The first-order valence-corrected chi connectivity index (χ1v) is 11.1. The van der Waals surface area contributed by atoms with Crippen molar-refractivity contribution >= 4 is 28.1 Å². The second kappa shape index (κ2) is 8.28. The number of rotatable bonds is 4. The summed E-state index contributed by atoms with van der Waals surface area (Å²) in [4.78, 5) is 19.3.